The number of alkyl halides is 3. The summed E-state index contributed by atoms with van der Waals surface area (Å²) in [5, 5.41) is 4.14. The molecule has 0 aliphatic carbocycles. The Bertz CT molecular complexity index is 2560. The van der Waals surface area contributed by atoms with Gasteiger partial charge in [-0.05, 0) is 48.9 Å². The van der Waals surface area contributed by atoms with E-state index in [4.69, 9.17) is 106 Å². The van der Waals surface area contributed by atoms with Crippen LogP contribution in [0.5, 0.6) is 0 Å². The average molecular weight is 1140 g/mol. The lowest BCUT2D eigenvalue weighted by molar-refractivity contribution is -0.363. The van der Waals surface area contributed by atoms with Crippen LogP contribution in [0.4, 0.5) is 0 Å². The second-order valence-corrected chi connectivity index (χ2v) is 23.2. The van der Waals surface area contributed by atoms with E-state index in [0.717, 1.165) is 22.3 Å². The number of hydrogen-bond donors (Lipinski definition) is 1. The summed E-state index contributed by atoms with van der Waals surface area (Å²) in [5.41, 5.74) is 15.0. The highest BCUT2D eigenvalue weighted by atomic mass is 35.6. The van der Waals surface area contributed by atoms with Crippen LogP contribution >= 0.6 is 34.8 Å². The first-order valence-corrected chi connectivity index (χ1v) is 27.5. The summed E-state index contributed by atoms with van der Waals surface area (Å²) in [6.45, 7) is 10.7. The Labute approximate surface area is 468 Å². The predicted molar refractivity (Wildman–Crippen MR) is 282 cm³/mol. The zero-order valence-electron chi connectivity index (χ0n) is 43.9. The first-order valence-electron chi connectivity index (χ1n) is 26.3. The van der Waals surface area contributed by atoms with Gasteiger partial charge in [0.2, 0.25) is 6.29 Å². The minimum atomic E-state index is -2.04. The third-order valence-corrected chi connectivity index (χ3v) is 15.0. The minimum absolute atomic E-state index is 0.0403. The van der Waals surface area contributed by atoms with Crippen molar-refractivity contribution in [2.75, 3.05) is 26.4 Å². The van der Waals surface area contributed by atoms with Crippen LogP contribution in [0, 0.1) is 11.8 Å². The van der Waals surface area contributed by atoms with Gasteiger partial charge in [-0.1, -0.05) is 175 Å². The van der Waals surface area contributed by atoms with Crippen LogP contribution in [-0.4, -0.2) is 128 Å². The van der Waals surface area contributed by atoms with E-state index in [1.165, 1.54) is 0 Å². The number of ether oxygens (including phenoxy) is 14. The molecule has 0 radical (unpaired) electrons. The molecule has 0 spiro atoms. The van der Waals surface area contributed by atoms with Gasteiger partial charge in [-0.3, -0.25) is 4.84 Å². The maximum atomic E-state index is 9.78. The summed E-state index contributed by atoms with van der Waals surface area (Å²) in [4.78, 5) is 9.06. The Morgan fingerprint density at radius 2 is 1.26 bits per heavy atom. The molecule has 422 valence electrons. The quantitative estimate of drug-likeness (QED) is 0.0206. The number of nitrogens with one attached hydrogen (secondary N) is 1. The lowest BCUT2D eigenvalue weighted by Gasteiger charge is -2.48. The maximum Gasteiger partial charge on any atom is 0.266 e. The topological polar surface area (TPSA) is 199 Å². The van der Waals surface area contributed by atoms with E-state index in [1.807, 2.05) is 142 Å². The molecule has 4 aromatic rings. The smallest absolute Gasteiger partial charge is 0.266 e. The molecule has 0 saturated carbocycles. The Morgan fingerprint density at radius 1 is 0.654 bits per heavy atom. The zero-order valence-corrected chi connectivity index (χ0v) is 46.2. The highest BCUT2D eigenvalue weighted by Crippen LogP contribution is 2.47. The van der Waals surface area contributed by atoms with Gasteiger partial charge in [0.25, 0.3) is 3.92 Å². The zero-order chi connectivity index (χ0) is 54.4. The summed E-state index contributed by atoms with van der Waals surface area (Å²) in [6, 6.07) is 38.5. The van der Waals surface area contributed by atoms with Crippen LogP contribution in [0.15, 0.2) is 126 Å². The molecule has 0 amide bonds. The normalized spacial score (nSPS) is 36.4. The SMILES string of the molecule is CC1C(O[C@@H]2OC[C@]3(COCc4ccccc4)O[C@@H](c4ccccc4)OC23)[C@H](OCc2ccccc2)CO[C@H]1O[C@H]1C(C)O[C@@H](OC2C(C)[C@@H](N=[N+]=[N-])[C@@H](COCc3ccccc3)O[C@@H]2ONC(Cl)(Cl)Cl)C2OC(C)(C)OC21. The van der Waals surface area contributed by atoms with Crippen molar-refractivity contribution in [3.05, 3.63) is 154 Å². The standard InChI is InChI=1S/C56H67Cl3N4O15/c1-33-42(61-63-60)40(29-64-26-36-18-10-6-11-19-36)70-52(78-62-56(57,58)59)44(33)72-51-47-46(75-54(4,5)76-47)45(35(3)69-51)73-49-34(2)43(41(30-67-49)66-28-38-22-14-8-15-23-38)71-53-48-55(32-68-53,31-65-27-37-20-12-7-13-21-37)77-50(74-48)39-24-16-9-17-25-39/h6-25,33-35,40-53,62H,26-32H2,1-5H3/t33?,34?,35?,40-,41-,42-,43?,44?,45+,46?,47?,48?,49+,50+,51+,52-,53+,55+/m1/s1. The minimum Gasteiger partial charge on any atom is -0.374 e. The van der Waals surface area contributed by atoms with E-state index in [2.05, 4.69) is 15.5 Å². The average Bonchev–Trinajstić information content (AvgIpc) is 4.30. The molecule has 0 aromatic heterocycles. The molecule has 18 atom stereocenters. The largest absolute Gasteiger partial charge is 0.374 e. The lowest BCUT2D eigenvalue weighted by Crippen LogP contribution is -2.63. The summed E-state index contributed by atoms with van der Waals surface area (Å²) in [7, 11) is 0. The molecule has 6 fully saturated rings. The van der Waals surface area contributed by atoms with Crippen molar-refractivity contribution in [1.82, 2.24) is 5.48 Å². The lowest BCUT2D eigenvalue weighted by atomic mass is 9.88. The molecule has 6 aliphatic rings. The molecule has 0 bridgehead atoms. The molecule has 6 heterocycles. The number of fused-ring (bicyclic) bond motifs is 2. The highest BCUT2D eigenvalue weighted by Gasteiger charge is 2.62. The van der Waals surface area contributed by atoms with Crippen LogP contribution < -0.4 is 5.48 Å². The van der Waals surface area contributed by atoms with E-state index >= 15 is 0 Å². The number of rotatable bonds is 21. The second kappa shape index (κ2) is 25.7. The first kappa shape index (κ1) is 57.6. The first-order chi connectivity index (χ1) is 37.7. The van der Waals surface area contributed by atoms with Crippen LogP contribution in [0.2, 0.25) is 0 Å². The Hall–Kier alpha value is -3.58. The summed E-state index contributed by atoms with van der Waals surface area (Å²) >= 11 is 18.3. The Kier molecular flexibility index (Phi) is 19.0. The number of azide groups is 1. The van der Waals surface area contributed by atoms with E-state index in [-0.39, 0.29) is 33.0 Å². The van der Waals surface area contributed by atoms with Crippen LogP contribution in [0.1, 0.15) is 63.2 Å². The molecule has 6 saturated heterocycles. The van der Waals surface area contributed by atoms with E-state index in [9.17, 15) is 5.53 Å². The van der Waals surface area contributed by atoms with Crippen LogP contribution in [0.3, 0.4) is 0 Å². The molecule has 1 N–H and O–H groups in total. The number of nitrogens with zero attached hydrogens (tertiary/aromatic N) is 3. The van der Waals surface area contributed by atoms with Gasteiger partial charge in [-0.2, -0.15) is 5.48 Å². The van der Waals surface area contributed by atoms with E-state index in [1.54, 1.807) is 13.8 Å². The molecule has 78 heavy (non-hydrogen) atoms. The molecule has 10 rings (SSSR count). The summed E-state index contributed by atoms with van der Waals surface area (Å²) < 4.78 is 90.9. The number of hydrogen-bond acceptors (Lipinski definition) is 17. The van der Waals surface area contributed by atoms with Crippen LogP contribution in [-0.2, 0) is 91.0 Å². The van der Waals surface area contributed by atoms with Crippen molar-refractivity contribution < 1.29 is 71.2 Å². The van der Waals surface area contributed by atoms with E-state index in [0.29, 0.717) is 13.2 Å². The van der Waals surface area contributed by atoms with E-state index < -0.39 is 120 Å². The fraction of sp³-hybridized carbons (Fsp3) is 0.571. The van der Waals surface area contributed by atoms with Gasteiger partial charge in [0, 0.05) is 16.4 Å². The second-order valence-electron chi connectivity index (χ2n) is 20.9. The molecule has 22 heteroatoms. The molecular weight excluding hydrogens is 1070 g/mol. The number of benzene rings is 4. The third-order valence-electron chi connectivity index (χ3n) is 14.8. The fourth-order valence-electron chi connectivity index (χ4n) is 10.9. The summed E-state index contributed by atoms with van der Waals surface area (Å²) in [6.07, 6.45) is -11.5. The van der Waals surface area contributed by atoms with Crippen molar-refractivity contribution in [1.29, 1.82) is 0 Å². The molecule has 8 unspecified atom stereocenters. The molecular formula is C56H67Cl3N4O15. The fourth-order valence-corrected chi connectivity index (χ4v) is 11.0. The van der Waals surface area contributed by atoms with Gasteiger partial charge < -0.3 is 66.3 Å². The van der Waals surface area contributed by atoms with Gasteiger partial charge in [0.15, 0.2) is 30.9 Å². The molecule has 6 aliphatic heterocycles. The molecule has 19 nitrogen and oxygen atoms in total. The van der Waals surface area contributed by atoms with Gasteiger partial charge in [-0.15, -0.1) is 0 Å². The van der Waals surface area contributed by atoms with Crippen molar-refractivity contribution >= 4 is 34.8 Å². The van der Waals surface area contributed by atoms with Crippen molar-refractivity contribution in [3.8, 4) is 0 Å². The predicted octanol–water partition coefficient (Wildman–Crippen LogP) is 9.52. The van der Waals surface area contributed by atoms with Gasteiger partial charge in [-0.25, -0.2) is 0 Å². The van der Waals surface area contributed by atoms with Crippen LogP contribution in [0.25, 0.3) is 10.4 Å². The maximum absolute atomic E-state index is 9.78. The highest BCUT2D eigenvalue weighted by molar-refractivity contribution is 6.67. The van der Waals surface area contributed by atoms with Crippen molar-refractivity contribution in [2.45, 2.75) is 162 Å². The monoisotopic (exact) mass is 1140 g/mol. The Morgan fingerprint density at radius 3 is 1.91 bits per heavy atom. The summed E-state index contributed by atoms with van der Waals surface area (Å²) in [5.74, 6) is -2.15. The van der Waals surface area contributed by atoms with Crippen molar-refractivity contribution in [3.63, 3.8) is 0 Å². The molecule has 4 aromatic carbocycles. The number of hydroxylamine groups is 1. The van der Waals surface area contributed by atoms with Crippen molar-refractivity contribution in [2.24, 2.45) is 17.0 Å². The van der Waals surface area contributed by atoms with Gasteiger partial charge in [0.05, 0.1) is 70.6 Å². The number of halogens is 3. The third kappa shape index (κ3) is 13.8. The Balaban J connectivity index is 0.862. The van der Waals surface area contributed by atoms with Gasteiger partial charge in [0.1, 0.15) is 42.2 Å². The van der Waals surface area contributed by atoms with Gasteiger partial charge >= 0.3 is 0 Å².